The molecule has 1 saturated heterocycles. The molecule has 1 heterocycles. The Labute approximate surface area is 98.9 Å². The quantitative estimate of drug-likeness (QED) is 0.423. The van der Waals surface area contributed by atoms with Crippen molar-refractivity contribution in [1.29, 1.82) is 0 Å². The van der Waals surface area contributed by atoms with Gasteiger partial charge in [-0.1, -0.05) is 36.4 Å². The van der Waals surface area contributed by atoms with Crippen molar-refractivity contribution in [3.63, 3.8) is 0 Å². The third kappa shape index (κ3) is 1.39. The SMILES string of the molecule is CC(C)C1C(=O)O[C@@H](C)C2(CC2)C1I. The third-order valence-electron chi connectivity index (χ3n) is 3.78. The lowest BCUT2D eigenvalue weighted by atomic mass is 9.80. The molecular weight excluding hydrogens is 291 g/mol. The molecule has 0 amide bonds. The van der Waals surface area contributed by atoms with Crippen LogP contribution in [-0.4, -0.2) is 16.0 Å². The standard InChI is InChI=1S/C11H17IO2/c1-6(2)8-9(12)11(4-5-11)7(3)14-10(8)13/h6-9H,4-5H2,1-3H3/t7-,8?,9?/m0/s1. The molecule has 2 aliphatic rings. The van der Waals surface area contributed by atoms with Gasteiger partial charge in [0.1, 0.15) is 6.10 Å². The Morgan fingerprint density at radius 3 is 2.50 bits per heavy atom. The molecule has 2 nitrogen and oxygen atoms in total. The Kier molecular flexibility index (Phi) is 2.57. The number of hydrogen-bond acceptors (Lipinski definition) is 2. The molecule has 0 radical (unpaired) electrons. The number of halogens is 1. The molecule has 2 unspecified atom stereocenters. The topological polar surface area (TPSA) is 26.3 Å². The Morgan fingerprint density at radius 1 is 1.50 bits per heavy atom. The number of ether oxygens (including phenoxy) is 1. The lowest BCUT2D eigenvalue weighted by Crippen LogP contribution is -2.48. The summed E-state index contributed by atoms with van der Waals surface area (Å²) < 4.78 is 5.93. The van der Waals surface area contributed by atoms with Crippen molar-refractivity contribution in [3.05, 3.63) is 0 Å². The first-order valence-electron chi connectivity index (χ1n) is 5.33. The predicted molar refractivity (Wildman–Crippen MR) is 63.4 cm³/mol. The number of carbonyl (C=O) groups excluding carboxylic acids is 1. The highest BCUT2D eigenvalue weighted by Gasteiger charge is 2.61. The van der Waals surface area contributed by atoms with Gasteiger partial charge in [-0.25, -0.2) is 0 Å². The molecule has 0 bridgehead atoms. The number of esters is 1. The molecule has 1 spiro atoms. The Bertz CT molecular complexity index is 258. The van der Waals surface area contributed by atoms with Gasteiger partial charge in [-0.05, 0) is 25.7 Å². The highest BCUT2D eigenvalue weighted by molar-refractivity contribution is 14.1. The molecule has 1 aliphatic carbocycles. The van der Waals surface area contributed by atoms with E-state index in [-0.39, 0.29) is 18.0 Å². The van der Waals surface area contributed by atoms with E-state index in [9.17, 15) is 4.79 Å². The van der Waals surface area contributed by atoms with E-state index >= 15 is 0 Å². The largest absolute Gasteiger partial charge is 0.462 e. The lowest BCUT2D eigenvalue weighted by molar-refractivity contribution is -0.166. The van der Waals surface area contributed by atoms with Gasteiger partial charge >= 0.3 is 5.97 Å². The highest BCUT2D eigenvalue weighted by Crippen LogP contribution is 2.60. The van der Waals surface area contributed by atoms with E-state index in [1.54, 1.807) is 0 Å². The molecule has 0 aromatic rings. The van der Waals surface area contributed by atoms with Gasteiger partial charge in [-0.15, -0.1) is 0 Å². The predicted octanol–water partition coefficient (Wildman–Crippen LogP) is 2.79. The van der Waals surface area contributed by atoms with Crippen molar-refractivity contribution in [2.24, 2.45) is 17.3 Å². The zero-order chi connectivity index (χ0) is 10.5. The number of carbonyl (C=O) groups is 1. The molecule has 2 rings (SSSR count). The second kappa shape index (κ2) is 3.35. The third-order valence-corrected chi connectivity index (χ3v) is 5.80. The summed E-state index contributed by atoms with van der Waals surface area (Å²) in [5, 5.41) is 0. The fourth-order valence-corrected chi connectivity index (χ4v) is 4.76. The van der Waals surface area contributed by atoms with Gasteiger partial charge in [-0.3, -0.25) is 4.79 Å². The van der Waals surface area contributed by atoms with Crippen LogP contribution in [0, 0.1) is 17.3 Å². The van der Waals surface area contributed by atoms with E-state index in [4.69, 9.17) is 4.74 Å². The summed E-state index contributed by atoms with van der Waals surface area (Å²) in [5.41, 5.74) is 0.323. The second-order valence-electron chi connectivity index (χ2n) is 4.98. The molecule has 3 atom stereocenters. The highest BCUT2D eigenvalue weighted by atomic mass is 127. The summed E-state index contributed by atoms with van der Waals surface area (Å²) >= 11 is 2.47. The van der Waals surface area contributed by atoms with Gasteiger partial charge in [-0.2, -0.15) is 0 Å². The zero-order valence-corrected chi connectivity index (χ0v) is 11.1. The summed E-state index contributed by atoms with van der Waals surface area (Å²) in [5.74, 6) is 0.521. The Balaban J connectivity index is 2.23. The van der Waals surface area contributed by atoms with Crippen molar-refractivity contribution in [3.8, 4) is 0 Å². The number of rotatable bonds is 1. The molecular formula is C11H17IO2. The fraction of sp³-hybridized carbons (Fsp3) is 0.909. The minimum absolute atomic E-state index is 0.0180. The molecule has 3 heteroatoms. The van der Waals surface area contributed by atoms with Crippen LogP contribution in [0.4, 0.5) is 0 Å². The minimum atomic E-state index is 0.0180. The normalized spacial score (nSPS) is 40.1. The molecule has 80 valence electrons. The Hall–Kier alpha value is 0.200. The van der Waals surface area contributed by atoms with Crippen molar-refractivity contribution in [1.82, 2.24) is 0 Å². The fourth-order valence-electron chi connectivity index (χ4n) is 2.51. The van der Waals surface area contributed by atoms with Crippen molar-refractivity contribution in [2.45, 2.75) is 43.6 Å². The van der Waals surface area contributed by atoms with Gasteiger partial charge < -0.3 is 4.74 Å². The van der Waals surface area contributed by atoms with Gasteiger partial charge in [0.25, 0.3) is 0 Å². The van der Waals surface area contributed by atoms with Crippen LogP contribution in [0.3, 0.4) is 0 Å². The van der Waals surface area contributed by atoms with Gasteiger partial charge in [0.05, 0.1) is 5.92 Å². The first-order valence-corrected chi connectivity index (χ1v) is 6.58. The average Bonchev–Trinajstić information content (AvgIpc) is 2.80. The number of hydrogen-bond donors (Lipinski definition) is 0. The van der Waals surface area contributed by atoms with Crippen molar-refractivity contribution < 1.29 is 9.53 Å². The lowest BCUT2D eigenvalue weighted by Gasteiger charge is -2.40. The van der Waals surface area contributed by atoms with Gasteiger partial charge in [0.15, 0.2) is 0 Å². The summed E-state index contributed by atoms with van der Waals surface area (Å²) in [6.07, 6.45) is 2.60. The first kappa shape index (κ1) is 10.7. The summed E-state index contributed by atoms with van der Waals surface area (Å²) in [7, 11) is 0. The first-order chi connectivity index (χ1) is 6.49. The average molecular weight is 308 g/mol. The molecule has 1 saturated carbocycles. The molecule has 0 N–H and O–H groups in total. The van der Waals surface area contributed by atoms with Crippen molar-refractivity contribution >= 4 is 28.6 Å². The van der Waals surface area contributed by atoms with Crippen LogP contribution in [0.25, 0.3) is 0 Å². The van der Waals surface area contributed by atoms with Crippen LogP contribution in [0.5, 0.6) is 0 Å². The molecule has 1 aliphatic heterocycles. The molecule has 14 heavy (non-hydrogen) atoms. The van der Waals surface area contributed by atoms with Crippen LogP contribution in [0.2, 0.25) is 0 Å². The van der Waals surface area contributed by atoms with E-state index in [1.807, 2.05) is 6.92 Å². The number of cyclic esters (lactones) is 1. The minimum Gasteiger partial charge on any atom is -0.462 e. The van der Waals surface area contributed by atoms with E-state index in [0.29, 0.717) is 15.3 Å². The van der Waals surface area contributed by atoms with Crippen LogP contribution >= 0.6 is 22.6 Å². The van der Waals surface area contributed by atoms with Crippen molar-refractivity contribution in [2.75, 3.05) is 0 Å². The summed E-state index contributed by atoms with van der Waals surface area (Å²) in [6, 6.07) is 0. The van der Waals surface area contributed by atoms with Crippen LogP contribution in [0.15, 0.2) is 0 Å². The van der Waals surface area contributed by atoms with E-state index < -0.39 is 0 Å². The monoisotopic (exact) mass is 308 g/mol. The van der Waals surface area contributed by atoms with Crippen LogP contribution in [0.1, 0.15) is 33.6 Å². The summed E-state index contributed by atoms with van der Waals surface area (Å²) in [4.78, 5) is 11.7. The Morgan fingerprint density at radius 2 is 2.07 bits per heavy atom. The smallest absolute Gasteiger partial charge is 0.310 e. The van der Waals surface area contributed by atoms with E-state index in [0.717, 1.165) is 0 Å². The maximum atomic E-state index is 11.7. The zero-order valence-electron chi connectivity index (χ0n) is 8.92. The summed E-state index contributed by atoms with van der Waals surface area (Å²) in [6.45, 7) is 6.28. The van der Waals surface area contributed by atoms with Crippen LogP contribution < -0.4 is 0 Å². The molecule has 0 aromatic carbocycles. The molecule has 0 aromatic heterocycles. The van der Waals surface area contributed by atoms with Gasteiger partial charge in [0.2, 0.25) is 0 Å². The second-order valence-corrected chi connectivity index (χ2v) is 6.33. The van der Waals surface area contributed by atoms with E-state index in [1.165, 1.54) is 12.8 Å². The van der Waals surface area contributed by atoms with Crippen LogP contribution in [-0.2, 0) is 9.53 Å². The van der Waals surface area contributed by atoms with E-state index in [2.05, 4.69) is 36.4 Å². The maximum Gasteiger partial charge on any atom is 0.310 e. The molecule has 2 fully saturated rings. The number of alkyl halides is 1. The maximum absolute atomic E-state index is 11.7. The van der Waals surface area contributed by atoms with Gasteiger partial charge in [0, 0.05) is 9.34 Å².